The largest absolute Gasteiger partial charge is 0.329 e. The number of amides is 1. The fourth-order valence-corrected chi connectivity index (χ4v) is 4.33. The second-order valence-electron chi connectivity index (χ2n) is 5.47. The molecule has 1 amide bonds. The highest BCUT2D eigenvalue weighted by molar-refractivity contribution is 8.00. The summed E-state index contributed by atoms with van der Waals surface area (Å²) in [7, 11) is 0. The van der Waals surface area contributed by atoms with Gasteiger partial charge in [-0.3, -0.25) is 4.79 Å². The molecule has 0 spiro atoms. The first-order valence-electron chi connectivity index (χ1n) is 7.51. The Kier molecular flexibility index (Phi) is 3.43. The molecule has 0 atom stereocenters. The van der Waals surface area contributed by atoms with Gasteiger partial charge in [0.05, 0.1) is 5.56 Å². The Morgan fingerprint density at radius 3 is 1.83 bits per heavy atom. The van der Waals surface area contributed by atoms with Gasteiger partial charge in [-0.1, -0.05) is 84.6 Å². The zero-order valence-corrected chi connectivity index (χ0v) is 13.2. The number of rotatable bonds is 2. The lowest BCUT2D eigenvalue weighted by Gasteiger charge is -2.39. The van der Waals surface area contributed by atoms with Gasteiger partial charge in [0.15, 0.2) is 0 Å². The van der Waals surface area contributed by atoms with Crippen LogP contribution in [-0.4, -0.2) is 5.91 Å². The van der Waals surface area contributed by atoms with Gasteiger partial charge in [-0.15, -0.1) is 0 Å². The molecule has 23 heavy (non-hydrogen) atoms. The van der Waals surface area contributed by atoms with Crippen molar-refractivity contribution >= 4 is 17.7 Å². The fourth-order valence-electron chi connectivity index (χ4n) is 2.94. The Morgan fingerprint density at radius 2 is 1.22 bits per heavy atom. The molecule has 112 valence electrons. The molecule has 1 N–H and O–H groups in total. The zero-order valence-electron chi connectivity index (χ0n) is 12.4. The van der Waals surface area contributed by atoms with Crippen LogP contribution >= 0.6 is 11.8 Å². The maximum atomic E-state index is 12.7. The van der Waals surface area contributed by atoms with Gasteiger partial charge in [-0.25, -0.2) is 0 Å². The number of fused-ring (bicyclic) bond motifs is 1. The molecule has 0 radical (unpaired) electrons. The first-order valence-corrected chi connectivity index (χ1v) is 8.33. The molecule has 0 aliphatic carbocycles. The Hall–Kier alpha value is -2.52. The van der Waals surface area contributed by atoms with Crippen molar-refractivity contribution in [2.24, 2.45) is 0 Å². The molecule has 0 bridgehead atoms. The number of hydrogen-bond acceptors (Lipinski definition) is 2. The van der Waals surface area contributed by atoms with Crippen molar-refractivity contribution in [3.63, 3.8) is 0 Å². The zero-order chi connectivity index (χ0) is 15.7. The smallest absolute Gasteiger partial charge is 0.254 e. The Bertz CT molecular complexity index is 806. The summed E-state index contributed by atoms with van der Waals surface area (Å²) in [5, 5.41) is 3.24. The molecule has 0 unspecified atom stereocenters. The number of hydrogen-bond donors (Lipinski definition) is 1. The first-order chi connectivity index (χ1) is 11.3. The molecule has 1 heterocycles. The van der Waals surface area contributed by atoms with Crippen LogP contribution in [0.4, 0.5) is 0 Å². The third kappa shape index (κ3) is 2.34. The number of nitrogens with one attached hydrogen (secondary N) is 1. The van der Waals surface area contributed by atoms with Crippen LogP contribution in [-0.2, 0) is 4.87 Å². The third-order valence-corrected chi connectivity index (χ3v) is 5.50. The van der Waals surface area contributed by atoms with Crippen molar-refractivity contribution in [2.75, 3.05) is 0 Å². The summed E-state index contributed by atoms with van der Waals surface area (Å²) in [4.78, 5) is 13.1. The molecule has 0 fully saturated rings. The fraction of sp³-hybridized carbons (Fsp3) is 0.0500. The average molecular weight is 317 g/mol. The lowest BCUT2D eigenvalue weighted by atomic mass is 9.97. The van der Waals surface area contributed by atoms with E-state index in [1.807, 2.05) is 60.7 Å². The number of carbonyl (C=O) groups is 1. The van der Waals surface area contributed by atoms with Gasteiger partial charge < -0.3 is 5.32 Å². The van der Waals surface area contributed by atoms with Crippen molar-refractivity contribution in [2.45, 2.75) is 9.77 Å². The third-order valence-electron chi connectivity index (χ3n) is 4.04. The van der Waals surface area contributed by atoms with E-state index in [4.69, 9.17) is 0 Å². The van der Waals surface area contributed by atoms with Crippen molar-refractivity contribution in [3.05, 3.63) is 102 Å². The normalized spacial score (nSPS) is 15.6. The lowest BCUT2D eigenvalue weighted by Crippen LogP contribution is -2.47. The Balaban J connectivity index is 1.94. The second kappa shape index (κ2) is 5.60. The van der Waals surface area contributed by atoms with Crippen LogP contribution in [0, 0.1) is 0 Å². The Labute approximate surface area is 139 Å². The molecule has 3 aromatic rings. The second-order valence-corrected chi connectivity index (χ2v) is 6.72. The molecular formula is C20H15NOS. The number of benzene rings is 3. The van der Waals surface area contributed by atoms with E-state index in [2.05, 4.69) is 29.6 Å². The Morgan fingerprint density at radius 1 is 0.696 bits per heavy atom. The number of thioether (sulfide) groups is 1. The molecule has 2 nitrogen and oxygen atoms in total. The summed E-state index contributed by atoms with van der Waals surface area (Å²) in [5.41, 5.74) is 2.87. The first kappa shape index (κ1) is 14.1. The summed E-state index contributed by atoms with van der Waals surface area (Å²) < 4.78 is 0. The maximum Gasteiger partial charge on any atom is 0.254 e. The van der Waals surface area contributed by atoms with E-state index < -0.39 is 4.87 Å². The standard InChI is InChI=1S/C20H15NOS/c22-19-17-13-7-8-14-18(17)23-20(21-19,15-9-3-1-4-10-15)16-11-5-2-6-12-16/h1-14H,(H,21,22). The van der Waals surface area contributed by atoms with E-state index >= 15 is 0 Å². The minimum atomic E-state index is -0.603. The molecular weight excluding hydrogens is 302 g/mol. The monoisotopic (exact) mass is 317 g/mol. The van der Waals surface area contributed by atoms with Crippen LogP contribution in [0.1, 0.15) is 21.5 Å². The molecule has 4 rings (SSSR count). The van der Waals surface area contributed by atoms with Gasteiger partial charge in [-0.2, -0.15) is 0 Å². The van der Waals surface area contributed by atoms with Crippen molar-refractivity contribution in [1.82, 2.24) is 5.32 Å². The lowest BCUT2D eigenvalue weighted by molar-refractivity contribution is 0.0929. The van der Waals surface area contributed by atoms with Crippen molar-refractivity contribution in [3.8, 4) is 0 Å². The minimum absolute atomic E-state index is 0.0351. The molecule has 1 aliphatic rings. The van der Waals surface area contributed by atoms with Crippen LogP contribution in [0.15, 0.2) is 89.8 Å². The van der Waals surface area contributed by atoms with E-state index in [0.717, 1.165) is 21.6 Å². The maximum absolute atomic E-state index is 12.7. The van der Waals surface area contributed by atoms with Crippen LogP contribution in [0.2, 0.25) is 0 Å². The predicted octanol–water partition coefficient (Wildman–Crippen LogP) is 4.42. The van der Waals surface area contributed by atoms with E-state index in [1.54, 1.807) is 11.8 Å². The van der Waals surface area contributed by atoms with Crippen molar-refractivity contribution < 1.29 is 4.79 Å². The summed E-state index contributed by atoms with van der Waals surface area (Å²) >= 11 is 1.68. The van der Waals surface area contributed by atoms with Crippen LogP contribution in [0.5, 0.6) is 0 Å². The molecule has 3 heteroatoms. The van der Waals surface area contributed by atoms with Crippen LogP contribution < -0.4 is 5.32 Å². The summed E-state index contributed by atoms with van der Waals surface area (Å²) in [6.45, 7) is 0. The number of carbonyl (C=O) groups excluding carboxylic acids is 1. The van der Waals surface area contributed by atoms with Crippen LogP contribution in [0.3, 0.4) is 0 Å². The van der Waals surface area contributed by atoms with E-state index in [1.165, 1.54) is 0 Å². The van der Waals surface area contributed by atoms with Gasteiger partial charge in [0, 0.05) is 4.90 Å². The van der Waals surface area contributed by atoms with Gasteiger partial charge in [0.2, 0.25) is 0 Å². The van der Waals surface area contributed by atoms with E-state index in [-0.39, 0.29) is 5.91 Å². The molecule has 0 aromatic heterocycles. The van der Waals surface area contributed by atoms with Gasteiger partial charge in [0.25, 0.3) is 5.91 Å². The van der Waals surface area contributed by atoms with E-state index in [0.29, 0.717) is 0 Å². The highest BCUT2D eigenvalue weighted by Gasteiger charge is 2.41. The molecule has 0 saturated carbocycles. The van der Waals surface area contributed by atoms with Gasteiger partial charge >= 0.3 is 0 Å². The molecule has 3 aromatic carbocycles. The quantitative estimate of drug-likeness (QED) is 0.758. The van der Waals surface area contributed by atoms with E-state index in [9.17, 15) is 4.79 Å². The SMILES string of the molecule is O=C1NC(c2ccccc2)(c2ccccc2)Sc2ccccc21. The minimum Gasteiger partial charge on any atom is -0.329 e. The highest BCUT2D eigenvalue weighted by atomic mass is 32.2. The van der Waals surface area contributed by atoms with Crippen molar-refractivity contribution in [1.29, 1.82) is 0 Å². The predicted molar refractivity (Wildman–Crippen MR) is 93.4 cm³/mol. The summed E-state index contributed by atoms with van der Waals surface area (Å²) in [6.07, 6.45) is 0. The average Bonchev–Trinajstić information content (AvgIpc) is 2.63. The topological polar surface area (TPSA) is 29.1 Å². The van der Waals surface area contributed by atoms with Gasteiger partial charge in [0.1, 0.15) is 4.87 Å². The summed E-state index contributed by atoms with van der Waals surface area (Å²) in [5.74, 6) is -0.0351. The molecule has 0 saturated heterocycles. The summed E-state index contributed by atoms with van der Waals surface area (Å²) in [6, 6.07) is 28.0. The molecule has 1 aliphatic heterocycles. The van der Waals surface area contributed by atoms with Crippen LogP contribution in [0.25, 0.3) is 0 Å². The highest BCUT2D eigenvalue weighted by Crippen LogP contribution is 2.48. The van der Waals surface area contributed by atoms with Gasteiger partial charge in [-0.05, 0) is 23.3 Å².